The zero-order valence-electron chi connectivity index (χ0n) is 46.8. The molecular formula is C64H116O6. The Labute approximate surface area is 435 Å². The van der Waals surface area contributed by atoms with Crippen LogP contribution in [0.2, 0.25) is 0 Å². The molecule has 0 saturated heterocycles. The minimum absolute atomic E-state index is 0.0974. The van der Waals surface area contributed by atoms with Crippen LogP contribution in [0, 0.1) is 0 Å². The van der Waals surface area contributed by atoms with Crippen LogP contribution in [0.1, 0.15) is 323 Å². The molecule has 70 heavy (non-hydrogen) atoms. The van der Waals surface area contributed by atoms with E-state index in [9.17, 15) is 14.4 Å². The van der Waals surface area contributed by atoms with Crippen LogP contribution in [-0.4, -0.2) is 37.2 Å². The second kappa shape index (κ2) is 58.9. The van der Waals surface area contributed by atoms with E-state index in [-0.39, 0.29) is 37.5 Å². The van der Waals surface area contributed by atoms with Crippen molar-refractivity contribution in [1.29, 1.82) is 0 Å². The van der Waals surface area contributed by atoms with Gasteiger partial charge in [-0.2, -0.15) is 0 Å². The summed E-state index contributed by atoms with van der Waals surface area (Å²) in [4.78, 5) is 38.0. The van der Waals surface area contributed by atoms with E-state index < -0.39 is 6.10 Å². The van der Waals surface area contributed by atoms with Crippen LogP contribution in [0.25, 0.3) is 0 Å². The van der Waals surface area contributed by atoms with Gasteiger partial charge in [0, 0.05) is 19.3 Å². The zero-order valence-corrected chi connectivity index (χ0v) is 46.8. The summed E-state index contributed by atoms with van der Waals surface area (Å²) in [5, 5.41) is 0. The predicted molar refractivity (Wildman–Crippen MR) is 302 cm³/mol. The van der Waals surface area contributed by atoms with E-state index in [1.165, 1.54) is 212 Å². The number of carbonyl (C=O) groups excluding carboxylic acids is 3. The Kier molecular flexibility index (Phi) is 56.7. The maximum absolute atomic E-state index is 12.8. The molecule has 408 valence electrons. The van der Waals surface area contributed by atoms with E-state index >= 15 is 0 Å². The number of unbranched alkanes of at least 4 members (excludes halogenated alkanes) is 37. The van der Waals surface area contributed by atoms with Gasteiger partial charge < -0.3 is 14.2 Å². The Bertz CT molecular complexity index is 1220. The third-order valence-corrected chi connectivity index (χ3v) is 13.6. The summed E-state index contributed by atoms with van der Waals surface area (Å²) in [6.45, 7) is 6.50. The van der Waals surface area contributed by atoms with Crippen molar-refractivity contribution in [3.05, 3.63) is 48.6 Å². The van der Waals surface area contributed by atoms with Crippen molar-refractivity contribution in [3.63, 3.8) is 0 Å². The van der Waals surface area contributed by atoms with Crippen molar-refractivity contribution in [2.24, 2.45) is 0 Å². The van der Waals surface area contributed by atoms with Crippen molar-refractivity contribution in [1.82, 2.24) is 0 Å². The highest BCUT2D eigenvalue weighted by Crippen LogP contribution is 2.18. The maximum atomic E-state index is 12.8. The molecule has 0 fully saturated rings. The molecule has 0 saturated carbocycles. The zero-order chi connectivity index (χ0) is 50.7. The average Bonchev–Trinajstić information content (AvgIpc) is 3.36. The van der Waals surface area contributed by atoms with E-state index in [4.69, 9.17) is 14.2 Å². The molecule has 0 aliphatic rings. The van der Waals surface area contributed by atoms with Crippen LogP contribution in [0.5, 0.6) is 0 Å². The molecule has 0 aromatic carbocycles. The van der Waals surface area contributed by atoms with Gasteiger partial charge in [-0.3, -0.25) is 14.4 Å². The number of hydrogen-bond donors (Lipinski definition) is 0. The summed E-state index contributed by atoms with van der Waals surface area (Å²) in [7, 11) is 0. The van der Waals surface area contributed by atoms with Gasteiger partial charge in [0.2, 0.25) is 0 Å². The van der Waals surface area contributed by atoms with Crippen LogP contribution in [0.15, 0.2) is 48.6 Å². The highest BCUT2D eigenvalue weighted by molar-refractivity contribution is 5.71. The highest BCUT2D eigenvalue weighted by atomic mass is 16.6. The summed E-state index contributed by atoms with van der Waals surface area (Å²) in [6, 6.07) is 0. The highest BCUT2D eigenvalue weighted by Gasteiger charge is 2.19. The second-order valence-electron chi connectivity index (χ2n) is 20.6. The fourth-order valence-electron chi connectivity index (χ4n) is 9.05. The Balaban J connectivity index is 4.14. The first-order chi connectivity index (χ1) is 34.5. The molecule has 0 N–H and O–H groups in total. The van der Waals surface area contributed by atoms with E-state index in [1.54, 1.807) is 0 Å². The molecule has 1 unspecified atom stereocenters. The van der Waals surface area contributed by atoms with Crippen molar-refractivity contribution >= 4 is 17.9 Å². The third-order valence-electron chi connectivity index (χ3n) is 13.6. The maximum Gasteiger partial charge on any atom is 0.306 e. The van der Waals surface area contributed by atoms with Gasteiger partial charge in [-0.05, 0) is 44.9 Å². The summed E-state index contributed by atoms with van der Waals surface area (Å²) in [6.07, 6.45) is 73.0. The van der Waals surface area contributed by atoms with Crippen LogP contribution in [0.4, 0.5) is 0 Å². The molecule has 0 aliphatic heterocycles. The fraction of sp³-hybridized carbons (Fsp3) is 0.828. The molecule has 0 heterocycles. The Morgan fingerprint density at radius 3 is 0.843 bits per heavy atom. The minimum atomic E-state index is -0.807. The van der Waals surface area contributed by atoms with Crippen LogP contribution in [-0.2, 0) is 28.6 Å². The number of allylic oxidation sites excluding steroid dienone is 8. The normalized spacial score (nSPS) is 12.3. The standard InChI is InChI=1S/C64H116O6/c1-4-7-10-13-16-19-22-24-25-26-27-28-29-30-31-32-33-34-35-36-37-38-40-42-45-48-51-54-57-63(66)69-60-61(59-68-62(65)56-53-50-47-44-41-21-18-15-12-9-6-3)70-64(67)58-55-52-49-46-43-39-23-20-17-14-11-8-5-2/h8,11,17,20,39,43,49,52,61H,4-7,9-10,12-16,18-19,21-38,40-42,44-48,50-51,53-60H2,1-3H3/b11-8-,20-17-,43-39-,52-49-. The smallest absolute Gasteiger partial charge is 0.306 e. The Hall–Kier alpha value is -2.63. The summed E-state index contributed by atoms with van der Waals surface area (Å²) < 4.78 is 16.8. The van der Waals surface area contributed by atoms with E-state index in [2.05, 4.69) is 63.3 Å². The second-order valence-corrected chi connectivity index (χ2v) is 20.6. The van der Waals surface area contributed by atoms with E-state index in [0.29, 0.717) is 19.3 Å². The van der Waals surface area contributed by atoms with Gasteiger partial charge in [0.1, 0.15) is 13.2 Å². The molecule has 0 amide bonds. The van der Waals surface area contributed by atoms with Gasteiger partial charge in [-0.15, -0.1) is 0 Å². The number of rotatable bonds is 56. The SMILES string of the molecule is CC/C=C\C/C=C\C/C=C\C/C=C\CCC(=O)OC(COC(=O)CCCCCCCCCCCCC)COC(=O)CCCCCCCCCCCCCCCCCCCCCCCCCCCCCC. The molecule has 6 heteroatoms. The summed E-state index contributed by atoms with van der Waals surface area (Å²) in [5.74, 6) is -0.965. The molecule has 0 radical (unpaired) electrons. The van der Waals surface area contributed by atoms with Gasteiger partial charge in [0.25, 0.3) is 0 Å². The minimum Gasteiger partial charge on any atom is -0.462 e. The first kappa shape index (κ1) is 67.4. The summed E-state index contributed by atoms with van der Waals surface area (Å²) >= 11 is 0. The van der Waals surface area contributed by atoms with Gasteiger partial charge >= 0.3 is 17.9 Å². The fourth-order valence-corrected chi connectivity index (χ4v) is 9.05. The predicted octanol–water partition coefficient (Wildman–Crippen LogP) is 20.6. The quantitative estimate of drug-likeness (QED) is 0.0261. The molecule has 0 spiro atoms. The third kappa shape index (κ3) is 56.3. The van der Waals surface area contributed by atoms with Crippen molar-refractivity contribution in [3.8, 4) is 0 Å². The van der Waals surface area contributed by atoms with E-state index in [1.807, 2.05) is 6.08 Å². The Morgan fingerprint density at radius 2 is 0.557 bits per heavy atom. The lowest BCUT2D eigenvalue weighted by atomic mass is 10.0. The van der Waals surface area contributed by atoms with Gasteiger partial charge in [-0.25, -0.2) is 0 Å². The van der Waals surface area contributed by atoms with Crippen molar-refractivity contribution < 1.29 is 28.6 Å². The monoisotopic (exact) mass is 981 g/mol. The number of esters is 3. The molecule has 6 nitrogen and oxygen atoms in total. The number of hydrogen-bond acceptors (Lipinski definition) is 6. The first-order valence-corrected chi connectivity index (χ1v) is 30.6. The lowest BCUT2D eigenvalue weighted by Crippen LogP contribution is -2.30. The summed E-state index contributed by atoms with van der Waals surface area (Å²) in [5.41, 5.74) is 0. The molecule has 0 bridgehead atoms. The number of ether oxygens (including phenoxy) is 3. The van der Waals surface area contributed by atoms with Crippen LogP contribution in [0.3, 0.4) is 0 Å². The van der Waals surface area contributed by atoms with Crippen molar-refractivity contribution in [2.75, 3.05) is 13.2 Å². The van der Waals surface area contributed by atoms with E-state index in [0.717, 1.165) is 64.2 Å². The topological polar surface area (TPSA) is 78.9 Å². The molecule has 1 atom stereocenters. The molecule has 0 aromatic rings. The van der Waals surface area contributed by atoms with Crippen LogP contribution < -0.4 is 0 Å². The Morgan fingerprint density at radius 1 is 0.300 bits per heavy atom. The van der Waals surface area contributed by atoms with Gasteiger partial charge in [0.05, 0.1) is 0 Å². The van der Waals surface area contributed by atoms with Gasteiger partial charge in [0.15, 0.2) is 6.10 Å². The first-order valence-electron chi connectivity index (χ1n) is 30.6. The number of carbonyl (C=O) groups is 3. The molecule has 0 rings (SSSR count). The van der Waals surface area contributed by atoms with Gasteiger partial charge in [-0.1, -0.05) is 307 Å². The molecule has 0 aliphatic carbocycles. The van der Waals surface area contributed by atoms with Crippen LogP contribution >= 0.6 is 0 Å². The molecule has 0 aromatic heterocycles. The average molecular weight is 982 g/mol. The lowest BCUT2D eigenvalue weighted by Gasteiger charge is -2.18. The van der Waals surface area contributed by atoms with Crippen molar-refractivity contribution in [2.45, 2.75) is 329 Å². The lowest BCUT2D eigenvalue weighted by molar-refractivity contribution is -0.166. The molecular weight excluding hydrogens is 865 g/mol. The largest absolute Gasteiger partial charge is 0.462 e.